The molecule has 1 fully saturated rings. The van der Waals surface area contributed by atoms with Gasteiger partial charge in [-0.05, 0) is 77.0 Å². The summed E-state index contributed by atoms with van der Waals surface area (Å²) in [6.45, 7) is 3.80. The van der Waals surface area contributed by atoms with Crippen molar-refractivity contribution in [2.24, 2.45) is 0 Å². The number of amides is 1. The summed E-state index contributed by atoms with van der Waals surface area (Å²) in [5.74, 6) is -0.185. The third-order valence-electron chi connectivity index (χ3n) is 18.3. The second-order valence-corrected chi connectivity index (χ2v) is 26.8. The number of rotatable bonds is 68. The maximum atomic E-state index is 13.2. The Kier molecular flexibility index (Phi) is 64.6. The quantitative estimate of drug-likeness (QED) is 0.0261. The lowest BCUT2D eigenvalue weighted by molar-refractivity contribution is -0.302. The van der Waals surface area contributed by atoms with Crippen molar-refractivity contribution in [3.63, 3.8) is 0 Å². The molecule has 0 aliphatic carbocycles. The van der Waals surface area contributed by atoms with Crippen LogP contribution in [0.25, 0.3) is 0 Å². The molecule has 7 atom stereocenters. The first kappa shape index (κ1) is 83.9. The Bertz CT molecular complexity index is 1580. The molecule has 6 N–H and O–H groups in total. The predicted octanol–water partition coefficient (Wildman–Crippen LogP) is 21.7. The number of hydrogen-bond donors (Lipinski definition) is 6. The van der Waals surface area contributed by atoms with Gasteiger partial charge in [-0.15, -0.1) is 0 Å². The zero-order chi connectivity index (χ0) is 63.5. The van der Waals surface area contributed by atoms with Crippen LogP contribution in [0, 0.1) is 0 Å². The molecule has 9 heteroatoms. The average molecular weight is 1240 g/mol. The van der Waals surface area contributed by atoms with E-state index in [4.69, 9.17) is 9.47 Å². The van der Waals surface area contributed by atoms with Gasteiger partial charge in [0.25, 0.3) is 0 Å². The van der Waals surface area contributed by atoms with Gasteiger partial charge in [0.1, 0.15) is 24.4 Å². The van der Waals surface area contributed by atoms with Crippen LogP contribution in [0.1, 0.15) is 380 Å². The SMILES string of the molecule is CCCCCCC/C=C\C/C=C\CCCCCCCCCCCCCCCCCCCCCCCC(=O)NC(COC1OC(CO)C(O)C(O)C1O)C(O)/C=C/CC/C=C/CC/C=C/CCCCCCCCCCCCCCCCCCCCCCCC. The lowest BCUT2D eigenvalue weighted by atomic mass is 9.99. The molecule has 0 spiro atoms. The monoisotopic (exact) mass is 1240 g/mol. The van der Waals surface area contributed by atoms with Crippen LogP contribution in [0.3, 0.4) is 0 Å². The van der Waals surface area contributed by atoms with Gasteiger partial charge in [-0.2, -0.15) is 0 Å². The van der Waals surface area contributed by atoms with Crippen LogP contribution in [-0.4, -0.2) is 87.5 Å². The molecule has 0 radical (unpaired) electrons. The molecule has 7 unspecified atom stereocenters. The van der Waals surface area contributed by atoms with E-state index in [1.807, 2.05) is 6.08 Å². The van der Waals surface area contributed by atoms with E-state index in [9.17, 15) is 30.3 Å². The first-order valence-electron chi connectivity index (χ1n) is 38.5. The number of unbranched alkanes of at least 4 members (excludes halogenated alkanes) is 50. The Morgan fingerprint density at radius 3 is 1.02 bits per heavy atom. The highest BCUT2D eigenvalue weighted by Gasteiger charge is 2.44. The first-order valence-corrected chi connectivity index (χ1v) is 38.5. The Morgan fingerprint density at radius 2 is 0.682 bits per heavy atom. The van der Waals surface area contributed by atoms with Crippen molar-refractivity contribution < 1.29 is 39.8 Å². The van der Waals surface area contributed by atoms with Crippen molar-refractivity contribution >= 4 is 5.91 Å². The van der Waals surface area contributed by atoms with Crippen molar-refractivity contribution in [3.05, 3.63) is 60.8 Å². The van der Waals surface area contributed by atoms with Gasteiger partial charge in [-0.3, -0.25) is 4.79 Å². The summed E-state index contributed by atoms with van der Waals surface area (Å²) in [6, 6.07) is -0.831. The third kappa shape index (κ3) is 55.5. The van der Waals surface area contributed by atoms with E-state index in [1.165, 1.54) is 308 Å². The molecule has 1 heterocycles. The highest BCUT2D eigenvalue weighted by molar-refractivity contribution is 5.76. The van der Waals surface area contributed by atoms with Gasteiger partial charge in [0, 0.05) is 6.42 Å². The molecular weight excluding hydrogens is 1090 g/mol. The van der Waals surface area contributed by atoms with Crippen LogP contribution in [0.4, 0.5) is 0 Å². The number of carbonyl (C=O) groups is 1. The van der Waals surface area contributed by atoms with Crippen LogP contribution in [0.5, 0.6) is 0 Å². The zero-order valence-corrected chi connectivity index (χ0v) is 58.0. The Morgan fingerprint density at radius 1 is 0.386 bits per heavy atom. The standard InChI is InChI=1S/C79H147NO8/c1-3-5-7-9-11-13-15-17-19-21-23-25-27-29-31-33-35-37-39-41-43-45-47-49-51-53-55-57-59-61-63-65-67-69-75(83)80-72(71-87-79-78(86)77(85)76(84)74(70-81)88-79)73(82)68-66-64-62-60-58-56-54-52-50-48-46-44-42-40-38-36-34-32-30-28-26-24-22-20-18-16-14-12-10-8-6-4-2/h15,17,21,23,50,52,58,60,66,68,72-74,76-79,81-82,84-86H,3-14,16,18-20,22,24-49,51,53-57,59,61-65,67,69-71H2,1-2H3,(H,80,83)/b17-15-,23-21-,52-50+,60-58+,68-66+. The minimum Gasteiger partial charge on any atom is -0.394 e. The smallest absolute Gasteiger partial charge is 0.220 e. The molecule has 1 amide bonds. The maximum Gasteiger partial charge on any atom is 0.220 e. The number of aliphatic hydroxyl groups is 5. The molecule has 0 saturated carbocycles. The molecule has 0 aromatic heterocycles. The van der Waals surface area contributed by atoms with Crippen molar-refractivity contribution in [2.75, 3.05) is 13.2 Å². The van der Waals surface area contributed by atoms with E-state index in [1.54, 1.807) is 6.08 Å². The van der Waals surface area contributed by atoms with Gasteiger partial charge in [-0.25, -0.2) is 0 Å². The van der Waals surface area contributed by atoms with Gasteiger partial charge in [0.2, 0.25) is 5.91 Å². The van der Waals surface area contributed by atoms with Gasteiger partial charge >= 0.3 is 0 Å². The molecule has 9 nitrogen and oxygen atoms in total. The van der Waals surface area contributed by atoms with Crippen molar-refractivity contribution in [1.29, 1.82) is 0 Å². The fraction of sp³-hybridized carbons (Fsp3) is 0.861. The fourth-order valence-corrected chi connectivity index (χ4v) is 12.3. The summed E-state index contributed by atoms with van der Waals surface area (Å²) in [6.07, 6.45) is 87.9. The molecular formula is C79H147NO8. The Hall–Kier alpha value is -2.11. The summed E-state index contributed by atoms with van der Waals surface area (Å²) < 4.78 is 11.3. The number of carbonyl (C=O) groups excluding carboxylic acids is 1. The van der Waals surface area contributed by atoms with Crippen LogP contribution >= 0.6 is 0 Å². The number of aliphatic hydroxyl groups excluding tert-OH is 5. The highest BCUT2D eigenvalue weighted by atomic mass is 16.7. The predicted molar refractivity (Wildman–Crippen MR) is 378 cm³/mol. The minimum absolute atomic E-state index is 0.185. The van der Waals surface area contributed by atoms with Crippen molar-refractivity contribution in [1.82, 2.24) is 5.32 Å². The Balaban J connectivity index is 2.12. The molecule has 516 valence electrons. The lowest BCUT2D eigenvalue weighted by Crippen LogP contribution is -2.60. The molecule has 88 heavy (non-hydrogen) atoms. The van der Waals surface area contributed by atoms with Gasteiger partial charge in [0.05, 0.1) is 25.4 Å². The molecule has 1 aliphatic rings. The minimum atomic E-state index is -1.58. The van der Waals surface area contributed by atoms with Crippen molar-refractivity contribution in [2.45, 2.75) is 423 Å². The number of allylic oxidation sites excluding steroid dienone is 9. The number of hydrogen-bond acceptors (Lipinski definition) is 8. The van der Waals surface area contributed by atoms with E-state index < -0.39 is 49.5 Å². The molecule has 0 aromatic rings. The second-order valence-electron chi connectivity index (χ2n) is 26.8. The van der Waals surface area contributed by atoms with E-state index >= 15 is 0 Å². The first-order chi connectivity index (χ1) is 43.3. The highest BCUT2D eigenvalue weighted by Crippen LogP contribution is 2.24. The van der Waals surface area contributed by atoms with E-state index in [-0.39, 0.29) is 12.5 Å². The summed E-state index contributed by atoms with van der Waals surface area (Å²) in [5, 5.41) is 54.8. The normalized spacial score (nSPS) is 18.2. The molecule has 1 aliphatic heterocycles. The second kappa shape index (κ2) is 67.8. The van der Waals surface area contributed by atoms with Gasteiger partial charge in [0.15, 0.2) is 6.29 Å². The topological polar surface area (TPSA) is 149 Å². The van der Waals surface area contributed by atoms with Crippen LogP contribution in [0.2, 0.25) is 0 Å². The summed E-state index contributed by atoms with van der Waals surface area (Å²) in [4.78, 5) is 13.2. The number of nitrogens with one attached hydrogen (secondary N) is 1. The molecule has 1 rings (SSSR count). The largest absolute Gasteiger partial charge is 0.394 e. The van der Waals surface area contributed by atoms with E-state index in [0.717, 1.165) is 51.4 Å². The third-order valence-corrected chi connectivity index (χ3v) is 18.3. The Labute approximate surface area is 545 Å². The van der Waals surface area contributed by atoms with Crippen LogP contribution in [-0.2, 0) is 14.3 Å². The fourth-order valence-electron chi connectivity index (χ4n) is 12.3. The molecule has 0 aromatic carbocycles. The van der Waals surface area contributed by atoms with Crippen LogP contribution in [0.15, 0.2) is 60.8 Å². The summed E-state index contributed by atoms with van der Waals surface area (Å²) in [7, 11) is 0. The van der Waals surface area contributed by atoms with E-state index in [0.29, 0.717) is 6.42 Å². The van der Waals surface area contributed by atoms with E-state index in [2.05, 4.69) is 67.8 Å². The molecule has 1 saturated heterocycles. The van der Waals surface area contributed by atoms with Gasteiger partial charge in [-0.1, -0.05) is 357 Å². The van der Waals surface area contributed by atoms with Gasteiger partial charge < -0.3 is 40.3 Å². The zero-order valence-electron chi connectivity index (χ0n) is 58.0. The van der Waals surface area contributed by atoms with Crippen LogP contribution < -0.4 is 5.32 Å². The average Bonchev–Trinajstić information content (AvgIpc) is 3.65. The lowest BCUT2D eigenvalue weighted by Gasteiger charge is -2.40. The molecule has 0 bridgehead atoms. The maximum absolute atomic E-state index is 13.2. The summed E-state index contributed by atoms with van der Waals surface area (Å²) in [5.41, 5.74) is 0. The number of ether oxygens (including phenoxy) is 2. The van der Waals surface area contributed by atoms with Crippen molar-refractivity contribution in [3.8, 4) is 0 Å². The summed E-state index contributed by atoms with van der Waals surface area (Å²) >= 11 is 0.